The van der Waals surface area contributed by atoms with Crippen LogP contribution < -0.4 is 11.3 Å². The molecule has 2 heterocycles. The van der Waals surface area contributed by atoms with Crippen molar-refractivity contribution in [1.29, 1.82) is 0 Å². The van der Waals surface area contributed by atoms with Crippen LogP contribution in [0.15, 0.2) is 16.1 Å². The van der Waals surface area contributed by atoms with Gasteiger partial charge in [0.05, 0.1) is 5.69 Å². The maximum Gasteiger partial charge on any atom is 0.147 e. The second-order valence-electron chi connectivity index (χ2n) is 5.01. The van der Waals surface area contributed by atoms with Gasteiger partial charge in [-0.25, -0.2) is 15.8 Å². The molecule has 0 unspecified atom stereocenters. The van der Waals surface area contributed by atoms with E-state index < -0.39 is 0 Å². The normalized spacial score (nSPS) is 11.2. The van der Waals surface area contributed by atoms with Crippen molar-refractivity contribution in [3.8, 4) is 0 Å². The van der Waals surface area contributed by atoms with Crippen molar-refractivity contribution in [3.05, 3.63) is 23.1 Å². The van der Waals surface area contributed by atoms with Crippen molar-refractivity contribution in [2.75, 3.05) is 5.43 Å². The fourth-order valence-electron chi connectivity index (χ4n) is 1.79. The zero-order chi connectivity index (χ0) is 14.9. The second-order valence-corrected chi connectivity index (χ2v) is 6.02. The molecule has 20 heavy (non-hydrogen) atoms. The van der Waals surface area contributed by atoms with E-state index in [4.69, 9.17) is 5.84 Å². The molecular formula is C13H20N6S. The third-order valence-corrected chi connectivity index (χ3v) is 4.11. The van der Waals surface area contributed by atoms with E-state index in [0.29, 0.717) is 5.82 Å². The van der Waals surface area contributed by atoms with E-state index in [2.05, 4.69) is 34.3 Å². The number of aromatic nitrogens is 4. The van der Waals surface area contributed by atoms with Gasteiger partial charge in [0.1, 0.15) is 21.7 Å². The van der Waals surface area contributed by atoms with Crippen molar-refractivity contribution >= 4 is 17.6 Å². The van der Waals surface area contributed by atoms with E-state index in [1.165, 1.54) is 0 Å². The monoisotopic (exact) mass is 292 g/mol. The number of hydrogen-bond acceptors (Lipinski definition) is 6. The van der Waals surface area contributed by atoms with E-state index in [1.54, 1.807) is 11.8 Å². The van der Waals surface area contributed by atoms with Gasteiger partial charge in [-0.2, -0.15) is 5.10 Å². The molecule has 108 valence electrons. The number of anilines is 1. The van der Waals surface area contributed by atoms with E-state index in [0.717, 1.165) is 27.1 Å². The molecule has 0 amide bonds. The van der Waals surface area contributed by atoms with Crippen molar-refractivity contribution in [2.45, 2.75) is 43.7 Å². The SMILES string of the molecule is Cc1cc(Sc2nc(C(C)C)nc(NN)c2C)n(C)n1. The Bertz CT molecular complexity index is 620. The maximum atomic E-state index is 5.55. The Morgan fingerprint density at radius 1 is 1.30 bits per heavy atom. The molecule has 2 aromatic heterocycles. The van der Waals surface area contributed by atoms with Gasteiger partial charge in [-0.15, -0.1) is 0 Å². The first-order valence-electron chi connectivity index (χ1n) is 6.46. The average Bonchev–Trinajstić information content (AvgIpc) is 2.70. The highest BCUT2D eigenvalue weighted by Gasteiger charge is 2.15. The van der Waals surface area contributed by atoms with Crippen LogP contribution in [0.5, 0.6) is 0 Å². The fraction of sp³-hybridized carbons (Fsp3) is 0.462. The Kier molecular flexibility index (Phi) is 4.29. The van der Waals surface area contributed by atoms with Crippen LogP contribution >= 0.6 is 11.8 Å². The Balaban J connectivity index is 2.44. The molecule has 0 radical (unpaired) electrons. The van der Waals surface area contributed by atoms with Crippen LogP contribution in [0, 0.1) is 13.8 Å². The highest BCUT2D eigenvalue weighted by atomic mass is 32.2. The van der Waals surface area contributed by atoms with Gasteiger partial charge in [0.25, 0.3) is 0 Å². The average molecular weight is 292 g/mol. The number of rotatable bonds is 4. The first-order valence-corrected chi connectivity index (χ1v) is 7.27. The number of nitrogens with one attached hydrogen (secondary N) is 1. The summed E-state index contributed by atoms with van der Waals surface area (Å²) in [6.45, 7) is 8.06. The largest absolute Gasteiger partial charge is 0.308 e. The van der Waals surface area contributed by atoms with Gasteiger partial charge in [-0.1, -0.05) is 13.8 Å². The summed E-state index contributed by atoms with van der Waals surface area (Å²) >= 11 is 1.58. The van der Waals surface area contributed by atoms with E-state index in [9.17, 15) is 0 Å². The molecule has 0 aliphatic heterocycles. The molecule has 0 aliphatic rings. The van der Waals surface area contributed by atoms with Crippen LogP contribution in [-0.4, -0.2) is 19.7 Å². The molecule has 0 saturated heterocycles. The minimum Gasteiger partial charge on any atom is -0.308 e. The lowest BCUT2D eigenvalue weighted by molar-refractivity contribution is 0.690. The van der Waals surface area contributed by atoms with Gasteiger partial charge in [-0.3, -0.25) is 4.68 Å². The molecule has 0 bridgehead atoms. The van der Waals surface area contributed by atoms with Crippen LogP contribution in [0.1, 0.15) is 36.8 Å². The van der Waals surface area contributed by atoms with Crippen molar-refractivity contribution < 1.29 is 0 Å². The van der Waals surface area contributed by atoms with Crippen LogP contribution in [0.25, 0.3) is 0 Å². The van der Waals surface area contributed by atoms with E-state index in [1.807, 2.05) is 31.6 Å². The van der Waals surface area contributed by atoms with Crippen LogP contribution in [-0.2, 0) is 7.05 Å². The number of hydrazine groups is 1. The predicted molar refractivity (Wildman–Crippen MR) is 80.7 cm³/mol. The minimum atomic E-state index is 0.246. The molecule has 7 heteroatoms. The second kappa shape index (κ2) is 5.80. The molecule has 0 aromatic carbocycles. The molecule has 0 atom stereocenters. The summed E-state index contributed by atoms with van der Waals surface area (Å²) in [5.41, 5.74) is 4.58. The zero-order valence-corrected chi connectivity index (χ0v) is 13.2. The van der Waals surface area contributed by atoms with Gasteiger partial charge in [0.2, 0.25) is 0 Å². The smallest absolute Gasteiger partial charge is 0.147 e. The summed E-state index contributed by atoms with van der Waals surface area (Å²) in [4.78, 5) is 9.08. The van der Waals surface area contributed by atoms with Crippen LogP contribution in [0.2, 0.25) is 0 Å². The number of nitrogen functional groups attached to an aromatic ring is 1. The minimum absolute atomic E-state index is 0.246. The number of nitrogens with two attached hydrogens (primary N) is 1. The summed E-state index contributed by atoms with van der Waals surface area (Å²) in [5.74, 6) is 7.25. The van der Waals surface area contributed by atoms with Crippen molar-refractivity contribution in [3.63, 3.8) is 0 Å². The molecular weight excluding hydrogens is 272 g/mol. The van der Waals surface area contributed by atoms with E-state index in [-0.39, 0.29) is 5.92 Å². The number of nitrogens with zero attached hydrogens (tertiary/aromatic N) is 4. The molecule has 0 fully saturated rings. The fourth-order valence-corrected chi connectivity index (χ4v) is 2.78. The molecule has 0 spiro atoms. The van der Waals surface area contributed by atoms with E-state index >= 15 is 0 Å². The lowest BCUT2D eigenvalue weighted by Crippen LogP contribution is -2.13. The lowest BCUT2D eigenvalue weighted by Gasteiger charge is -2.13. The first-order chi connectivity index (χ1) is 9.42. The first kappa shape index (κ1) is 14.8. The Labute approximate surface area is 123 Å². The van der Waals surface area contributed by atoms with Gasteiger partial charge < -0.3 is 5.43 Å². The molecule has 6 nitrogen and oxygen atoms in total. The van der Waals surface area contributed by atoms with Crippen molar-refractivity contribution in [2.24, 2.45) is 12.9 Å². The Morgan fingerprint density at radius 3 is 2.50 bits per heavy atom. The quantitative estimate of drug-likeness (QED) is 0.511. The Hall–Kier alpha value is -1.60. The van der Waals surface area contributed by atoms with Crippen LogP contribution in [0.4, 0.5) is 5.82 Å². The highest BCUT2D eigenvalue weighted by molar-refractivity contribution is 7.99. The zero-order valence-electron chi connectivity index (χ0n) is 12.4. The van der Waals surface area contributed by atoms with Crippen LogP contribution in [0.3, 0.4) is 0 Å². The van der Waals surface area contributed by atoms with Gasteiger partial charge in [0, 0.05) is 18.5 Å². The van der Waals surface area contributed by atoms with Gasteiger partial charge >= 0.3 is 0 Å². The third kappa shape index (κ3) is 2.94. The highest BCUT2D eigenvalue weighted by Crippen LogP contribution is 2.32. The molecule has 2 rings (SSSR count). The van der Waals surface area contributed by atoms with Gasteiger partial charge in [-0.05, 0) is 31.7 Å². The third-order valence-electron chi connectivity index (χ3n) is 2.93. The summed E-state index contributed by atoms with van der Waals surface area (Å²) in [7, 11) is 1.93. The topological polar surface area (TPSA) is 81.6 Å². The summed E-state index contributed by atoms with van der Waals surface area (Å²) in [6.07, 6.45) is 0. The standard InChI is InChI=1S/C13H20N6S/c1-7(2)11-15-12(17-14)9(4)13(16-11)20-10-6-8(3)18-19(10)5/h6-7H,14H2,1-5H3,(H,15,16,17). The summed E-state index contributed by atoms with van der Waals surface area (Å²) in [6, 6.07) is 2.04. The van der Waals surface area contributed by atoms with Crippen molar-refractivity contribution in [1.82, 2.24) is 19.7 Å². The summed E-state index contributed by atoms with van der Waals surface area (Å²) in [5, 5.41) is 6.30. The van der Waals surface area contributed by atoms with Gasteiger partial charge in [0.15, 0.2) is 0 Å². The molecule has 0 aliphatic carbocycles. The maximum absolute atomic E-state index is 5.55. The summed E-state index contributed by atoms with van der Waals surface area (Å²) < 4.78 is 1.85. The lowest BCUT2D eigenvalue weighted by atomic mass is 10.2. The number of hydrogen-bond donors (Lipinski definition) is 2. The molecule has 0 saturated carbocycles. The number of aryl methyl sites for hydroxylation is 2. The predicted octanol–water partition coefficient (Wildman–Crippen LogP) is 2.39. The molecule has 3 N–H and O–H groups in total. The molecule has 2 aromatic rings. The Morgan fingerprint density at radius 2 is 2.00 bits per heavy atom.